The largest absolute Gasteiger partial charge is 0.304 e. The zero-order chi connectivity index (χ0) is 16.8. The molecule has 0 aromatic rings. The molecule has 2 rings (SSSR count). The Kier molecular flexibility index (Phi) is 13.0. The number of nitrogens with zero attached hydrogens (tertiary/aromatic N) is 2. The maximum atomic E-state index is 3.67. The Morgan fingerprint density at radius 2 is 1.26 bits per heavy atom. The SMILES string of the molecule is C1CCCC(N2CCCCCCN2)CCC1.CCN(CC)CC. The van der Waals surface area contributed by atoms with E-state index in [1.807, 2.05) is 0 Å². The normalized spacial score (nSPS) is 22.4. The Morgan fingerprint density at radius 1 is 0.739 bits per heavy atom. The van der Waals surface area contributed by atoms with E-state index in [1.54, 1.807) is 0 Å². The van der Waals surface area contributed by atoms with Crippen molar-refractivity contribution in [3.05, 3.63) is 0 Å². The molecule has 2 aliphatic rings. The third-order valence-corrected chi connectivity index (χ3v) is 5.50. The topological polar surface area (TPSA) is 18.5 Å². The van der Waals surface area contributed by atoms with Gasteiger partial charge < -0.3 is 4.90 Å². The third-order valence-electron chi connectivity index (χ3n) is 5.50. The fraction of sp³-hybridized carbons (Fsp3) is 1.00. The highest BCUT2D eigenvalue weighted by Gasteiger charge is 2.19. The number of hydrogen-bond acceptors (Lipinski definition) is 3. The highest BCUT2D eigenvalue weighted by Crippen LogP contribution is 2.21. The van der Waals surface area contributed by atoms with Gasteiger partial charge in [0.1, 0.15) is 0 Å². The Hall–Kier alpha value is -0.120. The van der Waals surface area contributed by atoms with Crippen LogP contribution in [-0.4, -0.2) is 48.7 Å². The van der Waals surface area contributed by atoms with E-state index in [2.05, 4.69) is 36.1 Å². The lowest BCUT2D eigenvalue weighted by atomic mass is 9.96. The van der Waals surface area contributed by atoms with E-state index in [9.17, 15) is 0 Å². The van der Waals surface area contributed by atoms with E-state index in [4.69, 9.17) is 0 Å². The van der Waals surface area contributed by atoms with Crippen LogP contribution in [0.15, 0.2) is 0 Å². The van der Waals surface area contributed by atoms with Gasteiger partial charge in [0.2, 0.25) is 0 Å². The molecule has 23 heavy (non-hydrogen) atoms. The lowest BCUT2D eigenvalue weighted by Gasteiger charge is -2.34. The molecule has 0 atom stereocenters. The first kappa shape index (κ1) is 20.9. The Labute approximate surface area is 146 Å². The second-order valence-corrected chi connectivity index (χ2v) is 7.13. The van der Waals surface area contributed by atoms with Crippen molar-refractivity contribution in [2.45, 2.75) is 97.4 Å². The lowest BCUT2D eigenvalue weighted by Crippen LogP contribution is -2.47. The van der Waals surface area contributed by atoms with Crippen molar-refractivity contribution in [2.75, 3.05) is 32.7 Å². The maximum Gasteiger partial charge on any atom is 0.0243 e. The van der Waals surface area contributed by atoms with Crippen LogP contribution in [0.4, 0.5) is 0 Å². The van der Waals surface area contributed by atoms with Gasteiger partial charge in [0.15, 0.2) is 0 Å². The molecule has 3 heteroatoms. The summed E-state index contributed by atoms with van der Waals surface area (Å²) in [5.41, 5.74) is 3.67. The van der Waals surface area contributed by atoms with Crippen molar-refractivity contribution in [3.63, 3.8) is 0 Å². The van der Waals surface area contributed by atoms with Gasteiger partial charge in [-0.25, -0.2) is 5.01 Å². The van der Waals surface area contributed by atoms with Gasteiger partial charge in [0, 0.05) is 19.1 Å². The number of nitrogens with one attached hydrogen (secondary N) is 1. The third kappa shape index (κ3) is 9.69. The minimum Gasteiger partial charge on any atom is -0.304 e. The highest BCUT2D eigenvalue weighted by molar-refractivity contribution is 4.72. The maximum absolute atomic E-state index is 3.67. The summed E-state index contributed by atoms with van der Waals surface area (Å²) in [7, 11) is 0. The molecule has 0 bridgehead atoms. The molecule has 1 N–H and O–H groups in total. The van der Waals surface area contributed by atoms with Crippen LogP contribution in [0.3, 0.4) is 0 Å². The van der Waals surface area contributed by atoms with Crippen molar-refractivity contribution in [1.29, 1.82) is 0 Å². The number of rotatable bonds is 4. The average molecular weight is 326 g/mol. The van der Waals surface area contributed by atoms with Gasteiger partial charge in [0.25, 0.3) is 0 Å². The molecule has 138 valence electrons. The van der Waals surface area contributed by atoms with Crippen LogP contribution >= 0.6 is 0 Å². The molecule has 1 saturated heterocycles. The molecular formula is C20H43N3. The van der Waals surface area contributed by atoms with Crippen molar-refractivity contribution in [3.8, 4) is 0 Å². The van der Waals surface area contributed by atoms with Crippen LogP contribution < -0.4 is 5.43 Å². The van der Waals surface area contributed by atoms with Gasteiger partial charge in [-0.2, -0.15) is 0 Å². The highest BCUT2D eigenvalue weighted by atomic mass is 15.5. The summed E-state index contributed by atoms with van der Waals surface area (Å²) in [6, 6.07) is 0.832. The molecule has 0 spiro atoms. The van der Waals surface area contributed by atoms with E-state index < -0.39 is 0 Å². The van der Waals surface area contributed by atoms with Crippen LogP contribution in [0.2, 0.25) is 0 Å². The van der Waals surface area contributed by atoms with E-state index in [-0.39, 0.29) is 0 Å². The van der Waals surface area contributed by atoms with Crippen molar-refractivity contribution in [2.24, 2.45) is 0 Å². The molecule has 3 nitrogen and oxygen atoms in total. The zero-order valence-electron chi connectivity index (χ0n) is 16.3. The molecule has 1 aliphatic heterocycles. The smallest absolute Gasteiger partial charge is 0.0243 e. The predicted molar refractivity (Wildman–Crippen MR) is 103 cm³/mol. The second-order valence-electron chi connectivity index (χ2n) is 7.13. The summed E-state index contributed by atoms with van der Waals surface area (Å²) in [4.78, 5) is 2.38. The Bertz CT molecular complexity index is 212. The molecule has 0 aromatic carbocycles. The van der Waals surface area contributed by atoms with E-state index in [0.717, 1.165) is 6.04 Å². The van der Waals surface area contributed by atoms with Gasteiger partial charge in [-0.15, -0.1) is 0 Å². The van der Waals surface area contributed by atoms with Gasteiger partial charge >= 0.3 is 0 Å². The molecule has 2 fully saturated rings. The van der Waals surface area contributed by atoms with Crippen LogP contribution in [-0.2, 0) is 0 Å². The minimum absolute atomic E-state index is 0.832. The second kappa shape index (κ2) is 14.2. The number of hydrogen-bond donors (Lipinski definition) is 1. The standard InChI is InChI=1S/C14H28N2.C6H15N/c1-2-6-10-14(11-7-3-1)16-13-9-5-4-8-12-15-16;1-4-7(5-2)6-3/h14-15H,1-13H2;4-6H2,1-3H3. The van der Waals surface area contributed by atoms with Crippen LogP contribution in [0, 0.1) is 0 Å². The molecule has 0 unspecified atom stereocenters. The molecule has 0 amide bonds. The van der Waals surface area contributed by atoms with Crippen molar-refractivity contribution < 1.29 is 0 Å². The minimum atomic E-state index is 0.832. The Balaban J connectivity index is 0.000000322. The summed E-state index contributed by atoms with van der Waals surface area (Å²) in [5, 5.41) is 2.59. The molecule has 1 saturated carbocycles. The fourth-order valence-corrected chi connectivity index (χ4v) is 3.79. The predicted octanol–water partition coefficient (Wildman–Crippen LogP) is 4.83. The lowest BCUT2D eigenvalue weighted by molar-refractivity contribution is 0.0927. The summed E-state index contributed by atoms with van der Waals surface area (Å²) in [5.74, 6) is 0. The van der Waals surface area contributed by atoms with Crippen LogP contribution in [0.5, 0.6) is 0 Å². The molecule has 0 radical (unpaired) electrons. The van der Waals surface area contributed by atoms with Gasteiger partial charge in [-0.1, -0.05) is 65.7 Å². The van der Waals surface area contributed by atoms with E-state index in [0.29, 0.717) is 0 Å². The van der Waals surface area contributed by atoms with Crippen molar-refractivity contribution in [1.82, 2.24) is 15.3 Å². The van der Waals surface area contributed by atoms with Gasteiger partial charge in [0.05, 0.1) is 0 Å². The average Bonchev–Trinajstić information content (AvgIpc) is 2.50. The van der Waals surface area contributed by atoms with E-state index >= 15 is 0 Å². The van der Waals surface area contributed by atoms with E-state index in [1.165, 1.54) is 103 Å². The fourth-order valence-electron chi connectivity index (χ4n) is 3.79. The monoisotopic (exact) mass is 325 g/mol. The first-order valence-corrected chi connectivity index (χ1v) is 10.5. The molecular weight excluding hydrogens is 282 g/mol. The Morgan fingerprint density at radius 3 is 1.83 bits per heavy atom. The first-order valence-electron chi connectivity index (χ1n) is 10.5. The van der Waals surface area contributed by atoms with Crippen LogP contribution in [0.1, 0.15) is 91.4 Å². The molecule has 1 aliphatic carbocycles. The van der Waals surface area contributed by atoms with Gasteiger partial charge in [-0.05, 0) is 45.3 Å². The summed E-state index contributed by atoms with van der Waals surface area (Å²) in [6.45, 7) is 12.6. The van der Waals surface area contributed by atoms with Crippen LogP contribution in [0.25, 0.3) is 0 Å². The molecule has 1 heterocycles. The van der Waals surface area contributed by atoms with Gasteiger partial charge in [-0.3, -0.25) is 5.43 Å². The quantitative estimate of drug-likeness (QED) is 0.799. The summed E-state index contributed by atoms with van der Waals surface area (Å²) >= 11 is 0. The summed E-state index contributed by atoms with van der Waals surface area (Å²) < 4.78 is 0. The first-order chi connectivity index (χ1) is 11.3. The summed E-state index contributed by atoms with van der Waals surface area (Å²) in [6.07, 6.45) is 15.8. The zero-order valence-corrected chi connectivity index (χ0v) is 16.3. The number of hydrazine groups is 1. The molecule has 0 aromatic heterocycles. The van der Waals surface area contributed by atoms with Crippen molar-refractivity contribution >= 4 is 0 Å².